The van der Waals surface area contributed by atoms with E-state index in [1.165, 1.54) is 19.3 Å². The second-order valence-corrected chi connectivity index (χ2v) is 10.3. The predicted octanol–water partition coefficient (Wildman–Crippen LogP) is 3.75. The van der Waals surface area contributed by atoms with Crippen molar-refractivity contribution >= 4 is 6.09 Å². The minimum Gasteiger partial charge on any atom is -0.465 e. The third-order valence-electron chi connectivity index (χ3n) is 6.74. The van der Waals surface area contributed by atoms with Gasteiger partial charge in [-0.15, -0.1) is 0 Å². The molecule has 154 valence electrons. The molecule has 0 aromatic rings. The van der Waals surface area contributed by atoms with Gasteiger partial charge in [-0.2, -0.15) is 0 Å². The van der Waals surface area contributed by atoms with E-state index in [0.717, 1.165) is 38.0 Å². The van der Waals surface area contributed by atoms with Crippen LogP contribution in [0.2, 0.25) is 0 Å². The van der Waals surface area contributed by atoms with Gasteiger partial charge >= 0.3 is 6.09 Å². The minimum absolute atomic E-state index is 0.120. The Labute approximate surface area is 163 Å². The molecule has 4 saturated carbocycles. The number of hydrogen-bond donors (Lipinski definition) is 3. The Kier molecular flexibility index (Phi) is 5.28. The molecule has 2 unspecified atom stereocenters. The molecule has 4 fully saturated rings. The quantitative estimate of drug-likeness (QED) is 0.420. The van der Waals surface area contributed by atoms with E-state index in [2.05, 4.69) is 50.0 Å². The fourth-order valence-corrected chi connectivity index (χ4v) is 7.43. The molecule has 6 nitrogen and oxygen atoms in total. The minimum atomic E-state index is -0.984. The molecule has 1 amide bonds. The second-order valence-electron chi connectivity index (χ2n) is 10.3. The molecule has 0 radical (unpaired) electrons. The summed E-state index contributed by atoms with van der Waals surface area (Å²) in [4.78, 5) is 10.7. The Morgan fingerprint density at radius 3 is 2.30 bits per heavy atom. The number of nitrogens with zero attached hydrogens (tertiary/aromatic N) is 1. The highest BCUT2D eigenvalue weighted by atomic mass is 16.5. The topological polar surface area (TPSA) is 73.8 Å². The standard InChI is InChI=1S/C21H37N3O3/c1-6-23-24(16(2)3)15-20-10-18(4)9-19(5,11-20)13-21(12-18,14-20)27-8-7-22-17(25)26/h22-23H,2,6-15H2,1,3-5H3,(H,25,26). The van der Waals surface area contributed by atoms with E-state index in [-0.39, 0.29) is 11.0 Å². The Bertz CT molecular complexity index is 587. The van der Waals surface area contributed by atoms with E-state index in [9.17, 15) is 4.79 Å². The van der Waals surface area contributed by atoms with Crippen LogP contribution in [0.4, 0.5) is 4.79 Å². The van der Waals surface area contributed by atoms with Crippen LogP contribution in [0.3, 0.4) is 0 Å². The van der Waals surface area contributed by atoms with E-state index in [1.54, 1.807) is 0 Å². The van der Waals surface area contributed by atoms with Crippen molar-refractivity contribution in [3.63, 3.8) is 0 Å². The first-order chi connectivity index (χ1) is 12.5. The molecule has 4 rings (SSSR count). The molecular weight excluding hydrogens is 342 g/mol. The summed E-state index contributed by atoms with van der Waals surface area (Å²) in [5, 5.41) is 13.5. The lowest BCUT2D eigenvalue weighted by Crippen LogP contribution is -2.66. The normalized spacial score (nSPS) is 39.4. The van der Waals surface area contributed by atoms with Crippen molar-refractivity contribution in [3.8, 4) is 0 Å². The molecule has 2 atom stereocenters. The number of amides is 1. The van der Waals surface area contributed by atoms with Gasteiger partial charge in [-0.3, -0.25) is 0 Å². The van der Waals surface area contributed by atoms with Crippen molar-refractivity contribution in [2.75, 3.05) is 26.2 Å². The fraction of sp³-hybridized carbons (Fsp3) is 0.857. The van der Waals surface area contributed by atoms with Gasteiger partial charge in [0.15, 0.2) is 0 Å². The van der Waals surface area contributed by atoms with Crippen LogP contribution in [0, 0.1) is 16.2 Å². The number of allylic oxidation sites excluding steroid dienone is 1. The van der Waals surface area contributed by atoms with Crippen LogP contribution in [0.15, 0.2) is 12.3 Å². The van der Waals surface area contributed by atoms with Gasteiger partial charge in [-0.05, 0) is 61.7 Å². The summed E-state index contributed by atoms with van der Waals surface area (Å²) in [7, 11) is 0. The zero-order chi connectivity index (χ0) is 19.9. The van der Waals surface area contributed by atoms with Crippen molar-refractivity contribution in [3.05, 3.63) is 12.3 Å². The van der Waals surface area contributed by atoms with Gasteiger partial charge < -0.3 is 20.2 Å². The molecule has 0 aromatic carbocycles. The maximum absolute atomic E-state index is 10.7. The van der Waals surface area contributed by atoms with Crippen LogP contribution in [-0.2, 0) is 4.74 Å². The maximum Gasteiger partial charge on any atom is 0.404 e. The van der Waals surface area contributed by atoms with E-state index >= 15 is 0 Å². The summed E-state index contributed by atoms with van der Waals surface area (Å²) in [6.45, 7) is 15.9. The lowest BCUT2D eigenvalue weighted by Gasteiger charge is -2.69. The second kappa shape index (κ2) is 6.96. The maximum atomic E-state index is 10.7. The van der Waals surface area contributed by atoms with Crippen molar-refractivity contribution in [2.24, 2.45) is 16.2 Å². The van der Waals surface area contributed by atoms with Crippen molar-refractivity contribution in [2.45, 2.75) is 71.8 Å². The number of carboxylic acid groups (broad SMARTS) is 1. The molecule has 0 saturated heterocycles. The van der Waals surface area contributed by atoms with Crippen molar-refractivity contribution in [1.29, 1.82) is 0 Å². The summed E-state index contributed by atoms with van der Waals surface area (Å²) in [5.41, 5.74) is 5.24. The van der Waals surface area contributed by atoms with Crippen molar-refractivity contribution < 1.29 is 14.6 Å². The molecule has 27 heavy (non-hydrogen) atoms. The number of hydrazine groups is 1. The van der Waals surface area contributed by atoms with Gasteiger partial charge in [0.2, 0.25) is 0 Å². The first kappa shape index (κ1) is 20.5. The smallest absolute Gasteiger partial charge is 0.404 e. The Morgan fingerprint density at radius 1 is 1.15 bits per heavy atom. The number of hydrogen-bond acceptors (Lipinski definition) is 4. The van der Waals surface area contributed by atoms with Crippen LogP contribution in [0.1, 0.15) is 66.2 Å². The molecule has 0 spiro atoms. The number of nitrogens with one attached hydrogen (secondary N) is 2. The van der Waals surface area contributed by atoms with Gasteiger partial charge in [-0.25, -0.2) is 10.2 Å². The molecule has 0 aliphatic heterocycles. The molecular formula is C21H37N3O3. The summed E-state index contributed by atoms with van der Waals surface area (Å²) in [6.07, 6.45) is 6.02. The first-order valence-corrected chi connectivity index (χ1v) is 10.3. The van der Waals surface area contributed by atoms with Crippen LogP contribution >= 0.6 is 0 Å². The molecule has 4 bridgehead atoms. The van der Waals surface area contributed by atoms with Gasteiger partial charge in [0.25, 0.3) is 0 Å². The van der Waals surface area contributed by atoms with Gasteiger partial charge in [0.05, 0.1) is 12.2 Å². The Hall–Kier alpha value is -1.27. The van der Waals surface area contributed by atoms with Crippen LogP contribution < -0.4 is 10.7 Å². The summed E-state index contributed by atoms with van der Waals surface area (Å²) >= 11 is 0. The summed E-state index contributed by atoms with van der Waals surface area (Å²) in [5.74, 6) is 0. The number of carbonyl (C=O) groups is 1. The molecule has 0 aromatic heterocycles. The average molecular weight is 380 g/mol. The van der Waals surface area contributed by atoms with Crippen LogP contribution in [-0.4, -0.2) is 48.1 Å². The van der Waals surface area contributed by atoms with Gasteiger partial charge in [-0.1, -0.05) is 27.4 Å². The van der Waals surface area contributed by atoms with E-state index < -0.39 is 6.09 Å². The Morgan fingerprint density at radius 2 is 1.78 bits per heavy atom. The molecule has 4 aliphatic rings. The molecule has 4 aliphatic carbocycles. The Balaban J connectivity index is 1.80. The predicted molar refractivity (Wildman–Crippen MR) is 106 cm³/mol. The lowest BCUT2D eigenvalue weighted by atomic mass is 9.39. The molecule has 0 heterocycles. The fourth-order valence-electron chi connectivity index (χ4n) is 7.43. The van der Waals surface area contributed by atoms with Crippen molar-refractivity contribution in [1.82, 2.24) is 15.8 Å². The zero-order valence-electron chi connectivity index (χ0n) is 17.5. The summed E-state index contributed by atoms with van der Waals surface area (Å²) < 4.78 is 6.46. The van der Waals surface area contributed by atoms with Crippen LogP contribution in [0.25, 0.3) is 0 Å². The van der Waals surface area contributed by atoms with E-state index in [1.807, 2.05) is 0 Å². The van der Waals surface area contributed by atoms with Gasteiger partial charge in [0, 0.05) is 25.3 Å². The molecule has 6 heteroatoms. The largest absolute Gasteiger partial charge is 0.465 e. The molecule has 3 N–H and O–H groups in total. The highest BCUT2D eigenvalue weighted by Crippen LogP contribution is 2.71. The number of rotatable bonds is 9. The zero-order valence-corrected chi connectivity index (χ0v) is 17.5. The van der Waals surface area contributed by atoms with Crippen LogP contribution in [0.5, 0.6) is 0 Å². The third-order valence-corrected chi connectivity index (χ3v) is 6.74. The number of ether oxygens (including phenoxy) is 1. The lowest BCUT2D eigenvalue weighted by molar-refractivity contribution is -0.247. The van der Waals surface area contributed by atoms with E-state index in [0.29, 0.717) is 24.0 Å². The van der Waals surface area contributed by atoms with Gasteiger partial charge in [0.1, 0.15) is 0 Å². The third kappa shape index (κ3) is 4.27. The first-order valence-electron chi connectivity index (χ1n) is 10.3. The SMILES string of the molecule is C=C(C)N(CC12CC3(C)CC(C)(C1)CC(OCCNC(=O)O)(C3)C2)NCC. The monoisotopic (exact) mass is 379 g/mol. The highest BCUT2D eigenvalue weighted by molar-refractivity contribution is 5.64. The van der Waals surface area contributed by atoms with E-state index in [4.69, 9.17) is 9.84 Å². The average Bonchev–Trinajstić information content (AvgIpc) is 2.47. The summed E-state index contributed by atoms with van der Waals surface area (Å²) in [6, 6.07) is 0. The highest BCUT2D eigenvalue weighted by Gasteiger charge is 2.66.